The van der Waals surface area contributed by atoms with E-state index in [0.717, 1.165) is 24.1 Å². The summed E-state index contributed by atoms with van der Waals surface area (Å²) in [6, 6.07) is 14.1. The number of amides is 2. The minimum Gasteiger partial charge on any atom is -0.508 e. The van der Waals surface area contributed by atoms with Crippen LogP contribution in [0.4, 0.5) is 5.69 Å². The van der Waals surface area contributed by atoms with Crippen molar-refractivity contribution in [2.75, 3.05) is 5.32 Å². The molecular weight excluding hydrogens is 316 g/mol. The van der Waals surface area contributed by atoms with Crippen molar-refractivity contribution in [3.63, 3.8) is 0 Å². The van der Waals surface area contributed by atoms with Crippen LogP contribution in [0.2, 0.25) is 0 Å². The molecular formula is C20H22N2O3. The number of phenols is 1. The molecule has 0 radical (unpaired) electrons. The molecule has 1 fully saturated rings. The Labute approximate surface area is 147 Å². The first-order chi connectivity index (χ1) is 12.0. The van der Waals surface area contributed by atoms with Crippen molar-refractivity contribution in [1.82, 2.24) is 5.32 Å². The number of aromatic hydroxyl groups is 1. The number of hydrogen-bond donors (Lipinski definition) is 3. The molecule has 3 N–H and O–H groups in total. The van der Waals surface area contributed by atoms with Crippen LogP contribution in [-0.2, 0) is 16.0 Å². The van der Waals surface area contributed by atoms with Gasteiger partial charge in [0.15, 0.2) is 0 Å². The van der Waals surface area contributed by atoms with Gasteiger partial charge in [0, 0.05) is 17.2 Å². The number of carbonyl (C=O) groups excluding carboxylic acids is 2. The highest BCUT2D eigenvalue weighted by Gasteiger charge is 2.29. The monoisotopic (exact) mass is 338 g/mol. The molecule has 25 heavy (non-hydrogen) atoms. The maximum Gasteiger partial charge on any atom is 0.227 e. The van der Waals surface area contributed by atoms with E-state index in [1.807, 2.05) is 31.2 Å². The minimum atomic E-state index is -0.161. The zero-order valence-corrected chi connectivity index (χ0v) is 14.2. The topological polar surface area (TPSA) is 78.4 Å². The van der Waals surface area contributed by atoms with E-state index in [4.69, 9.17) is 0 Å². The molecule has 0 unspecified atom stereocenters. The number of hydrogen-bond acceptors (Lipinski definition) is 3. The molecule has 3 rings (SSSR count). The second kappa shape index (κ2) is 7.38. The molecule has 0 spiro atoms. The van der Waals surface area contributed by atoms with Crippen molar-refractivity contribution < 1.29 is 14.7 Å². The lowest BCUT2D eigenvalue weighted by Crippen LogP contribution is -2.28. The van der Waals surface area contributed by atoms with Crippen LogP contribution in [0, 0.1) is 5.92 Å². The summed E-state index contributed by atoms with van der Waals surface area (Å²) in [7, 11) is 0. The predicted octanol–water partition coefficient (Wildman–Crippen LogP) is 3.16. The lowest BCUT2D eigenvalue weighted by molar-refractivity contribution is -0.121. The number of para-hydroxylation sites is 1. The zero-order valence-electron chi connectivity index (χ0n) is 14.2. The molecule has 0 aliphatic heterocycles. The van der Waals surface area contributed by atoms with Crippen LogP contribution >= 0.6 is 0 Å². The summed E-state index contributed by atoms with van der Waals surface area (Å²) in [4.78, 5) is 23.9. The van der Waals surface area contributed by atoms with Gasteiger partial charge >= 0.3 is 0 Å². The highest BCUT2D eigenvalue weighted by molar-refractivity contribution is 5.94. The Morgan fingerprint density at radius 3 is 2.44 bits per heavy atom. The van der Waals surface area contributed by atoms with Gasteiger partial charge in [-0.2, -0.15) is 0 Å². The van der Waals surface area contributed by atoms with E-state index in [-0.39, 0.29) is 35.9 Å². The Balaban J connectivity index is 1.55. The Hall–Kier alpha value is -2.82. The normalized spacial score (nSPS) is 14.6. The second-order valence-electron chi connectivity index (χ2n) is 6.48. The summed E-state index contributed by atoms with van der Waals surface area (Å²) >= 11 is 0. The molecule has 0 heterocycles. The number of nitrogens with one attached hydrogen (secondary N) is 2. The number of anilines is 1. The van der Waals surface area contributed by atoms with Crippen molar-refractivity contribution in [2.24, 2.45) is 5.92 Å². The molecule has 1 atom stereocenters. The third-order valence-corrected chi connectivity index (χ3v) is 4.35. The third-order valence-electron chi connectivity index (χ3n) is 4.35. The number of carbonyl (C=O) groups is 2. The fraction of sp³-hybridized carbons (Fsp3) is 0.300. The molecule has 2 amide bonds. The summed E-state index contributed by atoms with van der Waals surface area (Å²) in [5, 5.41) is 15.6. The van der Waals surface area contributed by atoms with E-state index in [9.17, 15) is 14.7 Å². The summed E-state index contributed by atoms with van der Waals surface area (Å²) in [5.74, 6) is 0.227. The fourth-order valence-electron chi connectivity index (χ4n) is 2.65. The molecule has 0 aromatic heterocycles. The van der Waals surface area contributed by atoms with Crippen LogP contribution in [0.3, 0.4) is 0 Å². The van der Waals surface area contributed by atoms with Gasteiger partial charge in [0.1, 0.15) is 5.75 Å². The predicted molar refractivity (Wildman–Crippen MR) is 96.2 cm³/mol. The van der Waals surface area contributed by atoms with Crippen molar-refractivity contribution in [1.29, 1.82) is 0 Å². The van der Waals surface area contributed by atoms with Gasteiger partial charge in [0.05, 0.1) is 12.5 Å². The van der Waals surface area contributed by atoms with Crippen LogP contribution < -0.4 is 10.6 Å². The summed E-state index contributed by atoms with van der Waals surface area (Å²) in [5.41, 5.74) is 2.33. The van der Waals surface area contributed by atoms with E-state index in [2.05, 4.69) is 10.6 Å². The number of rotatable bonds is 6. The van der Waals surface area contributed by atoms with Crippen LogP contribution in [0.15, 0.2) is 48.5 Å². The van der Waals surface area contributed by atoms with Gasteiger partial charge in [-0.25, -0.2) is 0 Å². The maximum absolute atomic E-state index is 12.2. The van der Waals surface area contributed by atoms with E-state index >= 15 is 0 Å². The molecule has 0 saturated heterocycles. The van der Waals surface area contributed by atoms with E-state index in [1.165, 1.54) is 0 Å². The zero-order chi connectivity index (χ0) is 17.8. The summed E-state index contributed by atoms with van der Waals surface area (Å²) in [6.07, 6.45) is 2.08. The third kappa shape index (κ3) is 4.59. The first kappa shape index (κ1) is 17.0. The summed E-state index contributed by atoms with van der Waals surface area (Å²) < 4.78 is 0. The first-order valence-corrected chi connectivity index (χ1v) is 8.50. The molecule has 5 heteroatoms. The van der Waals surface area contributed by atoms with Crippen LogP contribution in [0.25, 0.3) is 0 Å². The van der Waals surface area contributed by atoms with Gasteiger partial charge in [0.25, 0.3) is 0 Å². The van der Waals surface area contributed by atoms with Crippen LogP contribution in [0.1, 0.15) is 36.9 Å². The molecule has 5 nitrogen and oxygen atoms in total. The SMILES string of the molecule is C[C@@H](NC(=O)Cc1ccccc1O)c1ccc(NC(=O)C2CC2)cc1. The average Bonchev–Trinajstić information content (AvgIpc) is 3.42. The molecule has 1 saturated carbocycles. The Morgan fingerprint density at radius 2 is 1.80 bits per heavy atom. The standard InChI is InChI=1S/C20H22N2O3/c1-13(21-19(24)12-16-4-2-3-5-18(16)23)14-8-10-17(11-9-14)22-20(25)15-6-7-15/h2-5,8-11,13,15,23H,6-7,12H2,1H3,(H,21,24)(H,22,25)/t13-/m1/s1. The lowest BCUT2D eigenvalue weighted by atomic mass is 10.1. The smallest absolute Gasteiger partial charge is 0.227 e. The van der Waals surface area contributed by atoms with Gasteiger partial charge in [-0.1, -0.05) is 30.3 Å². The van der Waals surface area contributed by atoms with E-state index in [1.54, 1.807) is 24.3 Å². The molecule has 2 aromatic carbocycles. The summed E-state index contributed by atoms with van der Waals surface area (Å²) in [6.45, 7) is 1.90. The number of benzene rings is 2. The Morgan fingerprint density at radius 1 is 1.12 bits per heavy atom. The Bertz CT molecular complexity index is 767. The van der Waals surface area contributed by atoms with Gasteiger partial charge in [-0.3, -0.25) is 9.59 Å². The van der Waals surface area contributed by atoms with Crippen molar-refractivity contribution in [2.45, 2.75) is 32.2 Å². The Kier molecular flexibility index (Phi) is 5.03. The first-order valence-electron chi connectivity index (χ1n) is 8.50. The number of phenolic OH excluding ortho intramolecular Hbond substituents is 1. The fourth-order valence-corrected chi connectivity index (χ4v) is 2.65. The van der Waals surface area contributed by atoms with Crippen molar-refractivity contribution in [3.8, 4) is 5.75 Å². The largest absolute Gasteiger partial charge is 0.508 e. The maximum atomic E-state index is 12.2. The second-order valence-corrected chi connectivity index (χ2v) is 6.48. The van der Waals surface area contributed by atoms with Gasteiger partial charge in [-0.15, -0.1) is 0 Å². The lowest BCUT2D eigenvalue weighted by Gasteiger charge is -2.15. The van der Waals surface area contributed by atoms with Crippen molar-refractivity contribution in [3.05, 3.63) is 59.7 Å². The van der Waals surface area contributed by atoms with Gasteiger partial charge < -0.3 is 15.7 Å². The van der Waals surface area contributed by atoms with Crippen LogP contribution in [0.5, 0.6) is 5.75 Å². The quantitative estimate of drug-likeness (QED) is 0.757. The van der Waals surface area contributed by atoms with E-state index in [0.29, 0.717) is 5.56 Å². The van der Waals surface area contributed by atoms with E-state index < -0.39 is 0 Å². The minimum absolute atomic E-state index is 0.0803. The van der Waals surface area contributed by atoms with Gasteiger partial charge in [-0.05, 0) is 43.5 Å². The average molecular weight is 338 g/mol. The molecule has 130 valence electrons. The molecule has 2 aromatic rings. The molecule has 1 aliphatic carbocycles. The molecule has 0 bridgehead atoms. The van der Waals surface area contributed by atoms with Gasteiger partial charge in [0.2, 0.25) is 11.8 Å². The molecule has 1 aliphatic rings. The highest BCUT2D eigenvalue weighted by atomic mass is 16.3. The highest BCUT2D eigenvalue weighted by Crippen LogP contribution is 2.30. The van der Waals surface area contributed by atoms with Crippen LogP contribution in [-0.4, -0.2) is 16.9 Å². The van der Waals surface area contributed by atoms with Crippen molar-refractivity contribution >= 4 is 17.5 Å².